The van der Waals surface area contributed by atoms with Crippen LogP contribution in [0.5, 0.6) is 0 Å². The first-order valence-corrected chi connectivity index (χ1v) is 8.25. The number of nitrogens with zero attached hydrogens (tertiary/aromatic N) is 2. The molecule has 1 spiro atoms. The summed E-state index contributed by atoms with van der Waals surface area (Å²) in [5.74, 6) is -0.251. The van der Waals surface area contributed by atoms with Crippen molar-refractivity contribution in [1.29, 1.82) is 0 Å². The molecule has 1 aromatic carbocycles. The predicted molar refractivity (Wildman–Crippen MR) is 90.6 cm³/mol. The maximum absolute atomic E-state index is 12.6. The van der Waals surface area contributed by atoms with Crippen LogP contribution in [-0.2, 0) is 16.8 Å². The summed E-state index contributed by atoms with van der Waals surface area (Å²) in [5.41, 5.74) is 2.59. The van der Waals surface area contributed by atoms with Gasteiger partial charge in [0.25, 0.3) is 5.91 Å². The molecule has 2 heterocycles. The second kappa shape index (κ2) is 5.31. The molecule has 1 unspecified atom stereocenters. The van der Waals surface area contributed by atoms with Gasteiger partial charge in [0.05, 0.1) is 5.69 Å². The summed E-state index contributed by atoms with van der Waals surface area (Å²) in [5, 5.41) is 3.07. The van der Waals surface area contributed by atoms with Crippen LogP contribution in [0, 0.1) is 0 Å². The van der Waals surface area contributed by atoms with Crippen molar-refractivity contribution in [3.05, 3.63) is 52.7 Å². The Morgan fingerprint density at radius 3 is 2.83 bits per heavy atom. The summed E-state index contributed by atoms with van der Waals surface area (Å²) in [6.07, 6.45) is 4.13. The van der Waals surface area contributed by atoms with Crippen LogP contribution in [-0.4, -0.2) is 28.9 Å². The molecule has 6 heteroatoms. The molecule has 1 fully saturated rings. The highest BCUT2D eigenvalue weighted by molar-refractivity contribution is 6.30. The molecule has 1 aliphatic heterocycles. The van der Waals surface area contributed by atoms with Crippen LogP contribution in [0.25, 0.3) is 11.3 Å². The van der Waals surface area contributed by atoms with Crippen LogP contribution in [0.2, 0.25) is 5.02 Å². The Morgan fingerprint density at radius 1 is 1.29 bits per heavy atom. The molecule has 2 aliphatic rings. The molecule has 122 valence electrons. The number of benzene rings is 1. The van der Waals surface area contributed by atoms with Crippen LogP contribution in [0.3, 0.4) is 0 Å². The highest BCUT2D eigenvalue weighted by Gasteiger charge is 2.54. The quantitative estimate of drug-likeness (QED) is 0.811. The van der Waals surface area contributed by atoms with Gasteiger partial charge in [0, 0.05) is 23.8 Å². The number of hydrogen-bond acceptors (Lipinski definition) is 3. The average molecular weight is 342 g/mol. The SMILES string of the molecule is CN1C(=O)NC(=O)C12CCCc1cnc(-c3cccc(Cl)c3)cc12. The number of urea groups is 1. The van der Waals surface area contributed by atoms with Gasteiger partial charge < -0.3 is 4.90 Å². The van der Waals surface area contributed by atoms with Gasteiger partial charge in [-0.15, -0.1) is 0 Å². The largest absolute Gasteiger partial charge is 0.325 e. The van der Waals surface area contributed by atoms with E-state index in [0.717, 1.165) is 35.2 Å². The number of likely N-dealkylation sites (N-methyl/N-ethyl adjacent to an activating group) is 1. The van der Waals surface area contributed by atoms with Gasteiger partial charge in [-0.3, -0.25) is 15.1 Å². The molecule has 3 amide bonds. The Bertz CT molecular complexity index is 867. The second-order valence-electron chi connectivity index (χ2n) is 6.27. The molecule has 1 aromatic heterocycles. The van der Waals surface area contributed by atoms with Crippen LogP contribution in [0.1, 0.15) is 24.0 Å². The molecule has 1 saturated heterocycles. The monoisotopic (exact) mass is 341 g/mol. The van der Waals surface area contributed by atoms with Gasteiger partial charge in [-0.25, -0.2) is 4.79 Å². The number of aromatic nitrogens is 1. The van der Waals surface area contributed by atoms with Gasteiger partial charge in [0.2, 0.25) is 0 Å². The Hall–Kier alpha value is -2.40. The maximum atomic E-state index is 12.6. The average Bonchev–Trinajstić information content (AvgIpc) is 2.79. The summed E-state index contributed by atoms with van der Waals surface area (Å²) in [6.45, 7) is 0. The van der Waals surface area contributed by atoms with E-state index in [1.165, 1.54) is 4.90 Å². The molecule has 24 heavy (non-hydrogen) atoms. The summed E-state index contributed by atoms with van der Waals surface area (Å²) >= 11 is 6.08. The Labute approximate surface area is 144 Å². The molecule has 0 radical (unpaired) electrons. The lowest BCUT2D eigenvalue weighted by Crippen LogP contribution is -2.47. The number of halogens is 1. The summed E-state index contributed by atoms with van der Waals surface area (Å²) < 4.78 is 0. The number of aryl methyl sites for hydroxylation is 1. The van der Waals surface area contributed by atoms with Crippen molar-refractivity contribution in [2.45, 2.75) is 24.8 Å². The Kier molecular flexibility index (Phi) is 3.35. The third-order valence-corrected chi connectivity index (χ3v) is 5.25. The van der Waals surface area contributed by atoms with Gasteiger partial charge in [-0.05, 0) is 48.6 Å². The second-order valence-corrected chi connectivity index (χ2v) is 6.71. The van der Waals surface area contributed by atoms with Crippen molar-refractivity contribution in [1.82, 2.24) is 15.2 Å². The van der Waals surface area contributed by atoms with Crippen LogP contribution in [0.4, 0.5) is 4.79 Å². The van der Waals surface area contributed by atoms with Crippen molar-refractivity contribution < 1.29 is 9.59 Å². The Balaban J connectivity index is 1.90. The summed E-state index contributed by atoms with van der Waals surface area (Å²) in [4.78, 5) is 30.7. The molecular weight excluding hydrogens is 326 g/mol. The zero-order valence-electron chi connectivity index (χ0n) is 13.2. The molecule has 1 atom stereocenters. The van der Waals surface area contributed by atoms with Gasteiger partial charge in [0.1, 0.15) is 5.54 Å². The third-order valence-electron chi connectivity index (χ3n) is 5.01. The van der Waals surface area contributed by atoms with Gasteiger partial charge in [-0.1, -0.05) is 23.7 Å². The fraction of sp³-hybridized carbons (Fsp3) is 0.278. The number of hydrogen-bond donors (Lipinski definition) is 1. The van der Waals surface area contributed by atoms with Crippen molar-refractivity contribution in [2.75, 3.05) is 7.05 Å². The third kappa shape index (κ3) is 2.04. The number of imide groups is 1. The minimum atomic E-state index is -0.930. The minimum Gasteiger partial charge on any atom is -0.309 e. The number of carbonyl (C=O) groups is 2. The fourth-order valence-corrected chi connectivity index (χ4v) is 3.93. The van der Waals surface area contributed by atoms with Crippen molar-refractivity contribution in [2.24, 2.45) is 0 Å². The van der Waals surface area contributed by atoms with Crippen LogP contribution in [0.15, 0.2) is 36.5 Å². The molecular formula is C18H16ClN3O2. The maximum Gasteiger partial charge on any atom is 0.325 e. The van der Waals surface area contributed by atoms with Crippen molar-refractivity contribution >= 4 is 23.5 Å². The molecule has 1 aliphatic carbocycles. The zero-order valence-corrected chi connectivity index (χ0v) is 13.9. The van der Waals surface area contributed by atoms with Crippen molar-refractivity contribution in [3.8, 4) is 11.3 Å². The smallest absolute Gasteiger partial charge is 0.309 e. The number of pyridine rings is 1. The van der Waals surface area contributed by atoms with Gasteiger partial charge >= 0.3 is 6.03 Å². The lowest BCUT2D eigenvalue weighted by molar-refractivity contribution is -0.127. The fourth-order valence-electron chi connectivity index (χ4n) is 3.74. The molecule has 4 rings (SSSR count). The number of amides is 3. The van der Waals surface area contributed by atoms with Crippen molar-refractivity contribution in [3.63, 3.8) is 0 Å². The zero-order chi connectivity index (χ0) is 16.9. The molecule has 1 N–H and O–H groups in total. The lowest BCUT2D eigenvalue weighted by Gasteiger charge is -2.38. The number of fused-ring (bicyclic) bond motifs is 2. The normalized spacial score (nSPS) is 22.7. The molecule has 0 bridgehead atoms. The van der Waals surface area contributed by atoms with Crippen LogP contribution < -0.4 is 5.32 Å². The van der Waals surface area contributed by atoms with E-state index in [2.05, 4.69) is 10.3 Å². The van der Waals surface area contributed by atoms with E-state index in [1.807, 2.05) is 36.5 Å². The highest BCUT2D eigenvalue weighted by atomic mass is 35.5. The number of nitrogens with one attached hydrogen (secondary N) is 1. The highest BCUT2D eigenvalue weighted by Crippen LogP contribution is 2.43. The number of rotatable bonds is 1. The minimum absolute atomic E-state index is 0.251. The number of carbonyl (C=O) groups excluding carboxylic acids is 2. The first-order chi connectivity index (χ1) is 11.5. The van der Waals surface area contributed by atoms with E-state index < -0.39 is 5.54 Å². The van der Waals surface area contributed by atoms with Crippen LogP contribution >= 0.6 is 11.6 Å². The molecule has 2 aromatic rings. The van der Waals surface area contributed by atoms with E-state index in [1.54, 1.807) is 7.05 Å². The standard InChI is InChI=1S/C18H16ClN3O2/c1-22-17(24)21-16(23)18(22)7-3-5-12-10-20-15(9-14(12)18)11-4-2-6-13(19)8-11/h2,4,6,8-10H,3,5,7H2,1H3,(H,21,23,24). The molecule has 0 saturated carbocycles. The Morgan fingerprint density at radius 2 is 2.12 bits per heavy atom. The summed E-state index contributed by atoms with van der Waals surface area (Å²) in [7, 11) is 1.68. The van der Waals surface area contributed by atoms with E-state index in [0.29, 0.717) is 11.4 Å². The van der Waals surface area contributed by atoms with E-state index in [-0.39, 0.29) is 11.9 Å². The summed E-state index contributed by atoms with van der Waals surface area (Å²) in [6, 6.07) is 9.02. The van der Waals surface area contributed by atoms with Gasteiger partial charge in [0.15, 0.2) is 0 Å². The van der Waals surface area contributed by atoms with Gasteiger partial charge in [-0.2, -0.15) is 0 Å². The lowest BCUT2D eigenvalue weighted by atomic mass is 9.76. The van der Waals surface area contributed by atoms with E-state index in [4.69, 9.17) is 11.6 Å². The topological polar surface area (TPSA) is 62.3 Å². The predicted octanol–water partition coefficient (Wildman–Crippen LogP) is 3.12. The first-order valence-electron chi connectivity index (χ1n) is 7.87. The van der Waals surface area contributed by atoms with E-state index >= 15 is 0 Å². The van der Waals surface area contributed by atoms with E-state index in [9.17, 15) is 9.59 Å². The first kappa shape index (κ1) is 15.1. The molecule has 5 nitrogen and oxygen atoms in total.